The topological polar surface area (TPSA) is 25.0 Å². The summed E-state index contributed by atoms with van der Waals surface area (Å²) < 4.78 is 0. The summed E-state index contributed by atoms with van der Waals surface area (Å²) >= 11 is 0. The van der Waals surface area contributed by atoms with Gasteiger partial charge in [0.2, 0.25) is 0 Å². The molecule has 1 aliphatic heterocycles. The minimum atomic E-state index is 0.465. The van der Waals surface area contributed by atoms with Crippen LogP contribution in [0.25, 0.3) is 0 Å². The maximum atomic E-state index is 3.60. The first-order valence-electron chi connectivity index (χ1n) is 7.13. The molecule has 18 heavy (non-hydrogen) atoms. The van der Waals surface area contributed by atoms with Crippen LogP contribution in [-0.4, -0.2) is 73.4 Å². The van der Waals surface area contributed by atoms with Gasteiger partial charge in [0.25, 0.3) is 0 Å². The van der Waals surface area contributed by atoms with Crippen LogP contribution < -0.4 is 5.53 Å². The summed E-state index contributed by atoms with van der Waals surface area (Å²) in [7, 11) is 8.60. The van der Waals surface area contributed by atoms with Crippen LogP contribution in [0.5, 0.6) is 0 Å². The number of hydrogen-bond acceptors (Lipinski definition) is 5. The quantitative estimate of drug-likeness (QED) is 0.766. The van der Waals surface area contributed by atoms with Gasteiger partial charge in [0.1, 0.15) is 0 Å². The second kappa shape index (κ2) is 7.40. The summed E-state index contributed by atoms with van der Waals surface area (Å²) in [5.41, 5.74) is 3.60. The van der Waals surface area contributed by atoms with Crippen LogP contribution in [0.15, 0.2) is 0 Å². The van der Waals surface area contributed by atoms with Crippen molar-refractivity contribution < 1.29 is 0 Å². The number of nitrogens with zero attached hydrogens (tertiary/aromatic N) is 4. The molecule has 1 N–H and O–H groups in total. The molecule has 5 nitrogen and oxygen atoms in total. The summed E-state index contributed by atoms with van der Waals surface area (Å²) in [6.07, 6.45) is 4.42. The predicted molar refractivity (Wildman–Crippen MR) is 76.7 cm³/mol. The lowest BCUT2D eigenvalue weighted by molar-refractivity contribution is -0.122. The Bertz CT molecular complexity index is 209. The first-order chi connectivity index (χ1) is 8.51. The number of hydrazine groups is 2. The van der Waals surface area contributed by atoms with Crippen LogP contribution in [0, 0.1) is 0 Å². The van der Waals surface area contributed by atoms with Crippen molar-refractivity contribution in [2.24, 2.45) is 0 Å². The second-order valence-electron chi connectivity index (χ2n) is 5.55. The summed E-state index contributed by atoms with van der Waals surface area (Å²) in [5, 5.41) is 4.74. The molecule has 0 aromatic heterocycles. The maximum absolute atomic E-state index is 3.60. The van der Waals surface area contributed by atoms with E-state index >= 15 is 0 Å². The van der Waals surface area contributed by atoms with Crippen molar-refractivity contribution >= 4 is 0 Å². The van der Waals surface area contributed by atoms with E-state index in [2.05, 4.69) is 67.4 Å². The highest BCUT2D eigenvalue weighted by molar-refractivity contribution is 4.73. The maximum Gasteiger partial charge on any atom is 0.0763 e. The molecule has 0 radical (unpaired) electrons. The van der Waals surface area contributed by atoms with E-state index in [4.69, 9.17) is 0 Å². The average Bonchev–Trinajstić information content (AvgIpc) is 2.30. The van der Waals surface area contributed by atoms with Crippen LogP contribution >= 0.6 is 0 Å². The summed E-state index contributed by atoms with van der Waals surface area (Å²) in [6, 6.07) is 0. The van der Waals surface area contributed by atoms with Crippen molar-refractivity contribution in [3.63, 3.8) is 0 Å². The molecule has 0 aliphatic carbocycles. The Morgan fingerprint density at radius 3 is 1.56 bits per heavy atom. The summed E-state index contributed by atoms with van der Waals surface area (Å²) in [4.78, 5) is 4.57. The van der Waals surface area contributed by atoms with Gasteiger partial charge in [-0.3, -0.25) is 9.80 Å². The fraction of sp³-hybridized carbons (Fsp3) is 1.00. The Labute approximate surface area is 113 Å². The molecule has 0 saturated carbocycles. The molecule has 1 rings (SSSR count). The van der Waals surface area contributed by atoms with Crippen molar-refractivity contribution in [3.05, 3.63) is 0 Å². The lowest BCUT2D eigenvalue weighted by atomic mass is 10.2. The number of nitrogens with one attached hydrogen (secondary N) is 1. The third kappa shape index (κ3) is 3.90. The van der Waals surface area contributed by atoms with Gasteiger partial charge in [0, 0.05) is 13.1 Å². The van der Waals surface area contributed by atoms with Gasteiger partial charge in [-0.1, -0.05) is 13.8 Å². The zero-order valence-electron chi connectivity index (χ0n) is 13.0. The zero-order valence-corrected chi connectivity index (χ0v) is 13.0. The highest BCUT2D eigenvalue weighted by Crippen LogP contribution is 2.14. The Balaban J connectivity index is 2.64. The van der Waals surface area contributed by atoms with Gasteiger partial charge in [0.15, 0.2) is 0 Å². The fourth-order valence-corrected chi connectivity index (χ4v) is 2.84. The van der Waals surface area contributed by atoms with Crippen molar-refractivity contribution in [2.45, 2.75) is 45.4 Å². The molecule has 0 spiro atoms. The molecule has 0 aromatic rings. The molecule has 0 bridgehead atoms. The number of hydrogen-bond donors (Lipinski definition) is 1. The molecule has 108 valence electrons. The van der Waals surface area contributed by atoms with Crippen LogP contribution in [-0.2, 0) is 0 Å². The smallest absolute Gasteiger partial charge is 0.0763 e. The van der Waals surface area contributed by atoms with Gasteiger partial charge < -0.3 is 0 Å². The van der Waals surface area contributed by atoms with Gasteiger partial charge in [-0.25, -0.2) is 10.0 Å². The lowest BCUT2D eigenvalue weighted by Crippen LogP contribution is -2.65. The molecule has 1 fully saturated rings. The Hall–Kier alpha value is -0.200. The fourth-order valence-electron chi connectivity index (χ4n) is 2.84. The molecule has 2 unspecified atom stereocenters. The van der Waals surface area contributed by atoms with Crippen LogP contribution in [0.2, 0.25) is 0 Å². The van der Waals surface area contributed by atoms with E-state index < -0.39 is 0 Å². The minimum absolute atomic E-state index is 0.465. The lowest BCUT2D eigenvalue weighted by Gasteiger charge is -2.46. The van der Waals surface area contributed by atoms with E-state index in [-0.39, 0.29) is 0 Å². The van der Waals surface area contributed by atoms with Gasteiger partial charge in [-0.05, 0) is 47.5 Å². The second-order valence-corrected chi connectivity index (χ2v) is 5.55. The molecule has 5 heteroatoms. The highest BCUT2D eigenvalue weighted by atomic mass is 15.8. The molecule has 2 atom stereocenters. The predicted octanol–water partition coefficient (Wildman–Crippen LogP) is 1.01. The van der Waals surface area contributed by atoms with E-state index in [1.165, 1.54) is 6.42 Å². The van der Waals surface area contributed by atoms with Crippen LogP contribution in [0.3, 0.4) is 0 Å². The normalized spacial score (nSPS) is 22.7. The van der Waals surface area contributed by atoms with Gasteiger partial charge in [0.05, 0.1) is 12.3 Å². The van der Waals surface area contributed by atoms with E-state index in [0.717, 1.165) is 25.9 Å². The van der Waals surface area contributed by atoms with E-state index in [1.54, 1.807) is 0 Å². The SMILES string of the molecule is CCC(N(C)C)N1CCCN(C(CC)N(C)C)N1. The van der Waals surface area contributed by atoms with E-state index in [1.807, 2.05) is 0 Å². The number of rotatable bonds is 6. The third-order valence-electron chi connectivity index (χ3n) is 3.70. The Morgan fingerprint density at radius 1 is 0.889 bits per heavy atom. The van der Waals surface area contributed by atoms with Crippen molar-refractivity contribution in [2.75, 3.05) is 41.3 Å². The van der Waals surface area contributed by atoms with Gasteiger partial charge in [-0.15, -0.1) is 0 Å². The molecular formula is C13H31N5. The van der Waals surface area contributed by atoms with Crippen LogP contribution in [0.1, 0.15) is 33.1 Å². The molecule has 0 aromatic carbocycles. The molecule has 1 heterocycles. The van der Waals surface area contributed by atoms with E-state index in [9.17, 15) is 0 Å². The molecule has 0 amide bonds. The van der Waals surface area contributed by atoms with Gasteiger partial charge >= 0.3 is 0 Å². The first-order valence-corrected chi connectivity index (χ1v) is 7.13. The largest absolute Gasteiger partial charge is 0.293 e. The Morgan fingerprint density at radius 2 is 1.28 bits per heavy atom. The molecule has 1 saturated heterocycles. The van der Waals surface area contributed by atoms with Crippen LogP contribution in [0.4, 0.5) is 0 Å². The van der Waals surface area contributed by atoms with Crippen molar-refractivity contribution in [1.29, 1.82) is 0 Å². The molecule has 1 aliphatic rings. The minimum Gasteiger partial charge on any atom is -0.293 e. The average molecular weight is 257 g/mol. The third-order valence-corrected chi connectivity index (χ3v) is 3.70. The summed E-state index contributed by atoms with van der Waals surface area (Å²) in [6.45, 7) is 6.73. The van der Waals surface area contributed by atoms with Crippen molar-refractivity contribution in [3.8, 4) is 0 Å². The Kier molecular flexibility index (Phi) is 6.52. The highest BCUT2D eigenvalue weighted by Gasteiger charge is 2.28. The van der Waals surface area contributed by atoms with E-state index in [0.29, 0.717) is 12.3 Å². The molecular weight excluding hydrogens is 226 g/mol. The summed E-state index contributed by atoms with van der Waals surface area (Å²) in [5.74, 6) is 0. The first kappa shape index (κ1) is 15.9. The monoisotopic (exact) mass is 257 g/mol. The zero-order chi connectivity index (χ0) is 13.7. The van der Waals surface area contributed by atoms with Crippen molar-refractivity contribution in [1.82, 2.24) is 25.4 Å². The van der Waals surface area contributed by atoms with Gasteiger partial charge in [-0.2, -0.15) is 5.53 Å². The standard InChI is InChI=1S/C13H31N5/c1-7-12(15(3)4)17-10-9-11-18(14-17)13(8-2)16(5)6/h12-14H,7-11H2,1-6H3.